The number of piperidine rings is 1. The lowest BCUT2D eigenvalue weighted by Gasteiger charge is -2.32. The summed E-state index contributed by atoms with van der Waals surface area (Å²) in [5, 5.41) is 11.9. The molecule has 38 heavy (non-hydrogen) atoms. The van der Waals surface area contributed by atoms with Gasteiger partial charge in [-0.1, -0.05) is 72.3 Å². The van der Waals surface area contributed by atoms with Crippen molar-refractivity contribution in [3.63, 3.8) is 0 Å². The van der Waals surface area contributed by atoms with Gasteiger partial charge in [0.1, 0.15) is 0 Å². The molecule has 1 saturated heterocycles. The first-order valence-electron chi connectivity index (χ1n) is 13.7. The van der Waals surface area contributed by atoms with E-state index in [9.17, 15) is 5.11 Å². The number of nitrogens with zero attached hydrogens (tertiary/aromatic N) is 2. The van der Waals surface area contributed by atoms with Crippen LogP contribution in [0.25, 0.3) is 0 Å². The zero-order valence-corrected chi connectivity index (χ0v) is 24.5. The van der Waals surface area contributed by atoms with Gasteiger partial charge in [-0.25, -0.2) is 0 Å². The molecule has 0 aliphatic carbocycles. The SMILES string of the molecule is Cl.Cl.OC(CCC1CCN(Cc2cccc(Cl)c2)CC1)c1ccc2c(c1)CN(Cc1ccccc1)CCC2. The molecule has 0 aromatic heterocycles. The van der Waals surface area contributed by atoms with Crippen LogP contribution in [-0.2, 0) is 26.1 Å². The number of aliphatic hydroxyl groups is 1. The maximum atomic E-state index is 11.1. The lowest BCUT2D eigenvalue weighted by atomic mass is 9.89. The Balaban J connectivity index is 0.00000200. The first kappa shape index (κ1) is 30.9. The number of benzene rings is 3. The lowest BCUT2D eigenvalue weighted by Crippen LogP contribution is -2.33. The second-order valence-electron chi connectivity index (χ2n) is 10.8. The number of rotatable bonds is 8. The van der Waals surface area contributed by atoms with Crippen molar-refractivity contribution in [3.8, 4) is 0 Å². The molecule has 2 heterocycles. The number of halogens is 3. The minimum atomic E-state index is -0.370. The number of fused-ring (bicyclic) bond motifs is 1. The Bertz CT molecular complexity index is 1120. The maximum Gasteiger partial charge on any atom is 0.0790 e. The summed E-state index contributed by atoms with van der Waals surface area (Å²) in [5.74, 6) is 0.706. The van der Waals surface area contributed by atoms with Crippen molar-refractivity contribution in [3.05, 3.63) is 106 Å². The van der Waals surface area contributed by atoms with E-state index in [0.29, 0.717) is 5.92 Å². The van der Waals surface area contributed by atoms with Crippen LogP contribution in [0, 0.1) is 5.92 Å². The smallest absolute Gasteiger partial charge is 0.0790 e. The summed E-state index contributed by atoms with van der Waals surface area (Å²) >= 11 is 6.15. The number of likely N-dealkylation sites (tertiary alicyclic amines) is 1. The van der Waals surface area contributed by atoms with Crippen LogP contribution in [0.1, 0.15) is 66.0 Å². The standard InChI is InChI=1S/C32H39ClN2O.2ClH/c33-31-10-4-8-27(20-31)23-34-18-15-25(16-19-34)11-14-32(36)29-13-12-28-9-5-17-35(24-30(28)21-29)22-26-6-2-1-3-7-26;;/h1-4,6-8,10,12-13,20-21,25,32,36H,5,9,11,14-19,22-24H2;2*1H. The Hall–Kier alpha value is -1.59. The molecule has 1 N–H and O–H groups in total. The molecule has 206 valence electrons. The van der Waals surface area contributed by atoms with Crippen LogP contribution in [0.15, 0.2) is 72.8 Å². The minimum Gasteiger partial charge on any atom is -0.388 e. The van der Waals surface area contributed by atoms with Crippen LogP contribution >= 0.6 is 36.4 Å². The molecule has 5 rings (SSSR count). The van der Waals surface area contributed by atoms with Crippen molar-refractivity contribution >= 4 is 36.4 Å². The Kier molecular flexibility index (Phi) is 12.4. The van der Waals surface area contributed by atoms with E-state index in [1.54, 1.807) is 0 Å². The molecule has 1 unspecified atom stereocenters. The lowest BCUT2D eigenvalue weighted by molar-refractivity contribution is 0.132. The summed E-state index contributed by atoms with van der Waals surface area (Å²) in [7, 11) is 0. The highest BCUT2D eigenvalue weighted by Crippen LogP contribution is 2.30. The van der Waals surface area contributed by atoms with Gasteiger partial charge in [-0.05, 0) is 104 Å². The molecule has 3 nitrogen and oxygen atoms in total. The van der Waals surface area contributed by atoms with E-state index in [2.05, 4.69) is 70.5 Å². The molecule has 0 bridgehead atoms. The Morgan fingerprint density at radius 1 is 0.789 bits per heavy atom. The Labute approximate surface area is 246 Å². The predicted octanol–water partition coefficient (Wildman–Crippen LogP) is 7.86. The molecule has 3 aromatic carbocycles. The first-order chi connectivity index (χ1) is 17.6. The van der Waals surface area contributed by atoms with E-state index in [4.69, 9.17) is 11.6 Å². The number of aryl methyl sites for hydroxylation is 1. The van der Waals surface area contributed by atoms with E-state index in [-0.39, 0.29) is 30.9 Å². The molecular formula is C32H41Cl3N2O. The van der Waals surface area contributed by atoms with Crippen LogP contribution in [0.3, 0.4) is 0 Å². The van der Waals surface area contributed by atoms with Gasteiger partial charge in [0, 0.05) is 24.7 Å². The third kappa shape index (κ3) is 8.71. The summed E-state index contributed by atoms with van der Waals surface area (Å²) in [6, 6.07) is 25.7. The van der Waals surface area contributed by atoms with Crippen molar-refractivity contribution in [1.29, 1.82) is 0 Å². The summed E-state index contributed by atoms with van der Waals surface area (Å²) in [5.41, 5.74) is 6.61. The molecule has 0 radical (unpaired) electrons. The van der Waals surface area contributed by atoms with Gasteiger partial charge >= 0.3 is 0 Å². The van der Waals surface area contributed by atoms with E-state index in [0.717, 1.165) is 69.1 Å². The average molecular weight is 576 g/mol. The zero-order valence-electron chi connectivity index (χ0n) is 22.1. The van der Waals surface area contributed by atoms with Crippen LogP contribution in [-0.4, -0.2) is 34.5 Å². The number of hydrogen-bond acceptors (Lipinski definition) is 3. The maximum absolute atomic E-state index is 11.1. The van der Waals surface area contributed by atoms with Crippen molar-refractivity contribution < 1.29 is 5.11 Å². The predicted molar refractivity (Wildman–Crippen MR) is 163 cm³/mol. The largest absolute Gasteiger partial charge is 0.388 e. The second-order valence-corrected chi connectivity index (χ2v) is 11.2. The first-order valence-corrected chi connectivity index (χ1v) is 14.0. The van der Waals surface area contributed by atoms with Gasteiger partial charge in [0.25, 0.3) is 0 Å². The zero-order chi connectivity index (χ0) is 24.7. The summed E-state index contributed by atoms with van der Waals surface area (Å²) in [6.07, 6.45) is 6.33. The summed E-state index contributed by atoms with van der Waals surface area (Å²) in [6.45, 7) is 6.31. The van der Waals surface area contributed by atoms with E-state index < -0.39 is 0 Å². The summed E-state index contributed by atoms with van der Waals surface area (Å²) in [4.78, 5) is 5.08. The monoisotopic (exact) mass is 574 g/mol. The molecule has 2 aliphatic rings. The average Bonchev–Trinajstić information content (AvgIpc) is 3.10. The highest BCUT2D eigenvalue weighted by molar-refractivity contribution is 6.30. The molecule has 6 heteroatoms. The van der Waals surface area contributed by atoms with Gasteiger partial charge in [0.2, 0.25) is 0 Å². The molecule has 0 amide bonds. The van der Waals surface area contributed by atoms with Gasteiger partial charge in [0.05, 0.1) is 6.10 Å². The second kappa shape index (κ2) is 15.3. The van der Waals surface area contributed by atoms with Gasteiger partial charge in [0.15, 0.2) is 0 Å². The van der Waals surface area contributed by atoms with Crippen molar-refractivity contribution in [2.24, 2.45) is 5.92 Å². The van der Waals surface area contributed by atoms with Crippen molar-refractivity contribution in [2.45, 2.75) is 64.3 Å². The van der Waals surface area contributed by atoms with Crippen LogP contribution in [0.5, 0.6) is 0 Å². The van der Waals surface area contributed by atoms with Gasteiger partial charge in [-0.2, -0.15) is 0 Å². The highest BCUT2D eigenvalue weighted by atomic mass is 35.5. The van der Waals surface area contributed by atoms with Crippen LogP contribution in [0.2, 0.25) is 5.02 Å². The Morgan fingerprint density at radius 2 is 1.53 bits per heavy atom. The molecule has 2 aliphatic heterocycles. The topological polar surface area (TPSA) is 26.7 Å². The van der Waals surface area contributed by atoms with Gasteiger partial charge in [-0.3, -0.25) is 9.80 Å². The van der Waals surface area contributed by atoms with Gasteiger partial charge < -0.3 is 5.11 Å². The van der Waals surface area contributed by atoms with Crippen LogP contribution in [0.4, 0.5) is 0 Å². The minimum absolute atomic E-state index is 0. The third-order valence-corrected chi connectivity index (χ3v) is 8.26. The van der Waals surface area contributed by atoms with Crippen LogP contribution < -0.4 is 0 Å². The van der Waals surface area contributed by atoms with Crippen molar-refractivity contribution in [2.75, 3.05) is 19.6 Å². The third-order valence-electron chi connectivity index (χ3n) is 8.03. The fraction of sp³-hybridized carbons (Fsp3) is 0.438. The number of hydrogen-bond donors (Lipinski definition) is 1. The molecule has 1 fully saturated rings. The van der Waals surface area contributed by atoms with E-state index >= 15 is 0 Å². The van der Waals surface area contributed by atoms with E-state index in [1.807, 2.05) is 12.1 Å². The normalized spacial score (nSPS) is 17.5. The highest BCUT2D eigenvalue weighted by Gasteiger charge is 2.22. The molecule has 3 aromatic rings. The van der Waals surface area contributed by atoms with Gasteiger partial charge in [-0.15, -0.1) is 24.8 Å². The molecule has 0 spiro atoms. The Morgan fingerprint density at radius 3 is 2.29 bits per heavy atom. The van der Waals surface area contributed by atoms with E-state index in [1.165, 1.54) is 41.5 Å². The summed E-state index contributed by atoms with van der Waals surface area (Å²) < 4.78 is 0. The molecular weight excluding hydrogens is 535 g/mol. The molecule has 0 saturated carbocycles. The molecule has 1 atom stereocenters. The fourth-order valence-electron chi connectivity index (χ4n) is 5.92. The van der Waals surface area contributed by atoms with Crippen molar-refractivity contribution in [1.82, 2.24) is 9.80 Å². The number of aliphatic hydroxyl groups excluding tert-OH is 1. The quantitative estimate of drug-likeness (QED) is 0.296. The fourth-order valence-corrected chi connectivity index (χ4v) is 6.13.